The zero-order valence-corrected chi connectivity index (χ0v) is 18.9. The number of nitrogens with zero attached hydrogens (tertiary/aromatic N) is 1. The summed E-state index contributed by atoms with van der Waals surface area (Å²) in [6, 6.07) is 8.66. The van der Waals surface area contributed by atoms with Gasteiger partial charge >= 0.3 is 0 Å². The molecule has 0 aliphatic carbocycles. The topological polar surface area (TPSA) is 157 Å². The van der Waals surface area contributed by atoms with Crippen molar-refractivity contribution in [1.82, 2.24) is 9.71 Å². The second kappa shape index (κ2) is 8.82. The van der Waals surface area contributed by atoms with E-state index in [1.807, 2.05) is 0 Å². The van der Waals surface area contributed by atoms with E-state index in [1.54, 1.807) is 0 Å². The summed E-state index contributed by atoms with van der Waals surface area (Å²) in [5.74, 6) is -0.935. The molecule has 0 amide bonds. The molecule has 3 unspecified atom stereocenters. The van der Waals surface area contributed by atoms with Crippen molar-refractivity contribution < 1.29 is 35.1 Å². The fraction of sp³-hybridized carbons (Fsp3) is 0.389. The number of pyridine rings is 1. The van der Waals surface area contributed by atoms with Gasteiger partial charge in [-0.2, -0.15) is 0 Å². The van der Waals surface area contributed by atoms with Crippen LogP contribution in [0.4, 0.5) is 0 Å². The number of rotatable bonds is 8. The monoisotopic (exact) mass is 490 g/mol. The molecule has 2 N–H and O–H groups in total. The molecule has 1 saturated heterocycles. The molecule has 13 heteroatoms. The van der Waals surface area contributed by atoms with Crippen LogP contribution in [0.15, 0.2) is 53.7 Å². The number of aliphatic hydroxyl groups is 1. The van der Waals surface area contributed by atoms with Gasteiger partial charge in [0.05, 0.1) is 29.6 Å². The maximum absolute atomic E-state index is 13.3. The molecule has 2 aromatic rings. The average Bonchev–Trinajstić information content (AvgIpc) is 3.02. The molecule has 0 bridgehead atoms. The average molecular weight is 491 g/mol. The molecule has 0 radical (unpaired) electrons. The first-order valence-electron chi connectivity index (χ1n) is 9.11. The predicted molar refractivity (Wildman–Crippen MR) is 113 cm³/mol. The normalized spacial score (nSPS) is 22.1. The van der Waals surface area contributed by atoms with E-state index >= 15 is 0 Å². The third-order valence-electron chi connectivity index (χ3n) is 4.96. The lowest BCUT2D eigenvalue weighted by Gasteiger charge is -2.21. The van der Waals surface area contributed by atoms with Crippen LogP contribution >= 0.6 is 0 Å². The van der Waals surface area contributed by atoms with Crippen molar-refractivity contribution >= 4 is 29.7 Å². The van der Waals surface area contributed by atoms with Crippen LogP contribution in [0.5, 0.6) is 5.75 Å². The Morgan fingerprint density at radius 3 is 2.35 bits per heavy atom. The Hall–Kier alpha value is -2.06. The summed E-state index contributed by atoms with van der Waals surface area (Å²) < 4.78 is 82.5. The number of hydrogen-bond acceptors (Lipinski definition) is 9. The summed E-state index contributed by atoms with van der Waals surface area (Å²) in [6.45, 7) is -0.564. The predicted octanol–water partition coefficient (Wildman–Crippen LogP) is -0.317. The van der Waals surface area contributed by atoms with E-state index in [2.05, 4.69) is 9.71 Å². The molecule has 3 rings (SSSR count). The Kier molecular flexibility index (Phi) is 6.72. The van der Waals surface area contributed by atoms with Gasteiger partial charge in [-0.1, -0.05) is 6.07 Å². The minimum Gasteiger partial charge on any atom is -0.497 e. The highest BCUT2D eigenvalue weighted by molar-refractivity contribution is 7.95. The molecule has 1 aliphatic heterocycles. The molecule has 2 heterocycles. The van der Waals surface area contributed by atoms with Gasteiger partial charge in [-0.15, -0.1) is 0 Å². The second-order valence-corrected chi connectivity index (χ2v) is 13.3. The maximum atomic E-state index is 13.3. The second-order valence-electron chi connectivity index (χ2n) is 7.07. The summed E-state index contributed by atoms with van der Waals surface area (Å²) in [5, 5.41) is 6.98. The number of hydrogen-bond donors (Lipinski definition) is 2. The minimum absolute atomic E-state index is 0.0511. The van der Waals surface area contributed by atoms with E-state index in [9.17, 15) is 30.4 Å². The first kappa shape index (κ1) is 23.6. The molecule has 1 aliphatic rings. The zero-order chi connectivity index (χ0) is 22.9. The van der Waals surface area contributed by atoms with E-state index in [-0.39, 0.29) is 10.5 Å². The summed E-state index contributed by atoms with van der Waals surface area (Å²) in [6.07, 6.45) is 1.18. The first-order valence-corrected chi connectivity index (χ1v) is 14.0. The van der Waals surface area contributed by atoms with Gasteiger partial charge in [-0.05, 0) is 35.9 Å². The third kappa shape index (κ3) is 5.23. The summed E-state index contributed by atoms with van der Waals surface area (Å²) in [5.41, 5.74) is 0.251. The fourth-order valence-electron chi connectivity index (χ4n) is 3.29. The molecule has 1 fully saturated rings. The Balaban J connectivity index is 1.92. The number of aromatic nitrogens is 1. The molecular formula is C18H22N2O8S3. The van der Waals surface area contributed by atoms with Gasteiger partial charge in [-0.3, -0.25) is 4.98 Å². The van der Waals surface area contributed by atoms with Crippen molar-refractivity contribution in [2.45, 2.75) is 21.5 Å². The number of benzene rings is 1. The minimum atomic E-state index is -4.32. The number of sulfone groups is 2. The van der Waals surface area contributed by atoms with E-state index in [0.29, 0.717) is 5.75 Å². The number of ether oxygens (including phenoxy) is 1. The Morgan fingerprint density at radius 2 is 1.84 bits per heavy atom. The summed E-state index contributed by atoms with van der Waals surface area (Å²) >= 11 is 0. The van der Waals surface area contributed by atoms with Crippen LogP contribution < -0.4 is 9.46 Å². The number of sulfonamides is 1. The van der Waals surface area contributed by atoms with Gasteiger partial charge in [0, 0.05) is 18.9 Å². The van der Waals surface area contributed by atoms with Crippen LogP contribution in [-0.4, -0.2) is 71.9 Å². The largest absolute Gasteiger partial charge is 0.497 e. The zero-order valence-electron chi connectivity index (χ0n) is 16.4. The lowest BCUT2D eigenvalue weighted by Crippen LogP contribution is -2.43. The highest BCUT2D eigenvalue weighted by atomic mass is 32.2. The van der Waals surface area contributed by atoms with Crippen LogP contribution in [-0.2, 0) is 29.7 Å². The lowest BCUT2D eigenvalue weighted by atomic mass is 10.2. The molecule has 10 nitrogen and oxygen atoms in total. The van der Waals surface area contributed by atoms with Crippen LogP contribution in [0, 0.1) is 0 Å². The van der Waals surface area contributed by atoms with Crippen LogP contribution in [0.2, 0.25) is 0 Å². The Morgan fingerprint density at radius 1 is 1.16 bits per heavy atom. The van der Waals surface area contributed by atoms with Gasteiger partial charge in [0.2, 0.25) is 10.0 Å². The molecule has 0 saturated carbocycles. The van der Waals surface area contributed by atoms with Crippen molar-refractivity contribution in [2.24, 2.45) is 0 Å². The standard InChI is InChI=1S/C18H22N2O8S3/c1-28-14-4-6-15(7-5-14)30(24,25)17(13-3-2-8-19-9-13)10-20-31(26,27)18-12-29(22,23)11-16(18)21/h2-9,16-18,20-21H,10-12H2,1H3. The molecule has 31 heavy (non-hydrogen) atoms. The van der Waals surface area contributed by atoms with Crippen LogP contribution in [0.25, 0.3) is 0 Å². The Bertz CT molecular complexity index is 1230. The SMILES string of the molecule is COc1ccc(S(=O)(=O)C(CNS(=O)(=O)C2CS(=O)(=O)CC2O)c2cccnc2)cc1. The highest BCUT2D eigenvalue weighted by Crippen LogP contribution is 2.30. The molecule has 1 aromatic carbocycles. The summed E-state index contributed by atoms with van der Waals surface area (Å²) in [7, 11) is -10.7. The molecule has 170 valence electrons. The summed E-state index contributed by atoms with van der Waals surface area (Å²) in [4.78, 5) is 3.86. The van der Waals surface area contributed by atoms with Gasteiger partial charge < -0.3 is 9.84 Å². The molecule has 3 atom stereocenters. The van der Waals surface area contributed by atoms with E-state index in [0.717, 1.165) is 0 Å². The van der Waals surface area contributed by atoms with Gasteiger partial charge in [0.25, 0.3) is 0 Å². The third-order valence-corrected chi connectivity index (χ3v) is 10.9. The van der Waals surface area contributed by atoms with E-state index in [1.165, 1.54) is 55.9 Å². The molecule has 0 spiro atoms. The fourth-order valence-corrected chi connectivity index (χ4v) is 9.24. The van der Waals surface area contributed by atoms with Gasteiger partial charge in [0.1, 0.15) is 16.2 Å². The van der Waals surface area contributed by atoms with Crippen molar-refractivity contribution in [3.05, 3.63) is 54.4 Å². The molecular weight excluding hydrogens is 468 g/mol. The molecule has 1 aromatic heterocycles. The smallest absolute Gasteiger partial charge is 0.218 e. The van der Waals surface area contributed by atoms with Crippen LogP contribution in [0.3, 0.4) is 0 Å². The number of aliphatic hydroxyl groups excluding tert-OH is 1. The van der Waals surface area contributed by atoms with Crippen molar-refractivity contribution in [3.8, 4) is 5.75 Å². The number of methoxy groups -OCH3 is 1. The van der Waals surface area contributed by atoms with Crippen molar-refractivity contribution in [1.29, 1.82) is 0 Å². The van der Waals surface area contributed by atoms with Gasteiger partial charge in [-0.25, -0.2) is 30.0 Å². The number of nitrogens with one attached hydrogen (secondary N) is 1. The van der Waals surface area contributed by atoms with Crippen LogP contribution in [0.1, 0.15) is 10.8 Å². The van der Waals surface area contributed by atoms with E-state index < -0.39 is 64.4 Å². The van der Waals surface area contributed by atoms with Gasteiger partial charge in [0.15, 0.2) is 19.7 Å². The van der Waals surface area contributed by atoms with E-state index in [4.69, 9.17) is 4.74 Å². The highest BCUT2D eigenvalue weighted by Gasteiger charge is 2.45. The quantitative estimate of drug-likeness (QED) is 0.506. The Labute approximate surface area is 181 Å². The first-order chi connectivity index (χ1) is 14.5. The maximum Gasteiger partial charge on any atom is 0.218 e. The lowest BCUT2D eigenvalue weighted by molar-refractivity contribution is 0.203. The van der Waals surface area contributed by atoms with Crippen molar-refractivity contribution in [2.75, 3.05) is 25.2 Å². The van der Waals surface area contributed by atoms with Crippen molar-refractivity contribution in [3.63, 3.8) is 0 Å².